The molecule has 5 nitrogen and oxygen atoms in total. The van der Waals surface area contributed by atoms with Gasteiger partial charge in [-0.05, 0) is 99.6 Å². The van der Waals surface area contributed by atoms with E-state index in [0.717, 1.165) is 55.5 Å². The molecular weight excluding hydrogens is 462 g/mol. The fraction of sp³-hybridized carbons (Fsp3) is 0.312. The van der Waals surface area contributed by atoms with Gasteiger partial charge in [0.05, 0.1) is 18.9 Å². The number of ether oxygens (including phenoxy) is 2. The van der Waals surface area contributed by atoms with Crippen molar-refractivity contribution in [1.82, 2.24) is 0 Å². The minimum absolute atomic E-state index is 0.355. The summed E-state index contributed by atoms with van der Waals surface area (Å²) in [6.45, 7) is 11.8. The number of carbonyl (C=O) groups excluding carboxylic acids is 2. The molecule has 0 unspecified atom stereocenters. The van der Waals surface area contributed by atoms with E-state index in [1.807, 2.05) is 0 Å². The highest BCUT2D eigenvalue weighted by Gasteiger charge is 2.19. The SMILES string of the molecule is C=CC(=O)OCCCC1=C=C=C(N(C2=CC=C(CCCOC(=O)C=C)CC2)c2ccc(C)c(C)c2)C=C1. The van der Waals surface area contributed by atoms with Crippen LogP contribution in [-0.2, 0) is 19.1 Å². The molecule has 2 aliphatic rings. The van der Waals surface area contributed by atoms with Crippen LogP contribution >= 0.6 is 0 Å². The van der Waals surface area contributed by atoms with Crippen molar-refractivity contribution >= 4 is 17.6 Å². The van der Waals surface area contributed by atoms with Gasteiger partial charge in [-0.1, -0.05) is 36.6 Å². The second-order valence-electron chi connectivity index (χ2n) is 9.03. The van der Waals surface area contributed by atoms with Crippen LogP contribution in [0.4, 0.5) is 5.69 Å². The topological polar surface area (TPSA) is 55.8 Å². The zero-order valence-corrected chi connectivity index (χ0v) is 21.8. The number of benzene rings is 1. The van der Waals surface area contributed by atoms with E-state index in [0.29, 0.717) is 13.2 Å². The molecule has 0 bridgehead atoms. The molecule has 0 spiro atoms. The van der Waals surface area contributed by atoms with Gasteiger partial charge in [0.15, 0.2) is 0 Å². The van der Waals surface area contributed by atoms with Crippen LogP contribution in [0.1, 0.15) is 49.7 Å². The van der Waals surface area contributed by atoms with Gasteiger partial charge in [-0.15, -0.1) is 0 Å². The number of anilines is 1. The van der Waals surface area contributed by atoms with Gasteiger partial charge in [-0.3, -0.25) is 0 Å². The molecule has 0 radical (unpaired) electrons. The number of aryl methyl sites for hydroxylation is 2. The second kappa shape index (κ2) is 13.9. The van der Waals surface area contributed by atoms with E-state index in [4.69, 9.17) is 9.47 Å². The molecule has 0 saturated carbocycles. The first-order valence-electron chi connectivity index (χ1n) is 12.7. The summed E-state index contributed by atoms with van der Waals surface area (Å²) in [4.78, 5) is 24.7. The monoisotopic (exact) mass is 497 g/mol. The molecule has 2 aliphatic carbocycles. The molecule has 0 heterocycles. The molecular formula is C32H35NO4. The maximum absolute atomic E-state index is 11.2. The predicted octanol–water partition coefficient (Wildman–Crippen LogP) is 6.87. The Morgan fingerprint density at radius 3 is 2.19 bits per heavy atom. The molecule has 37 heavy (non-hydrogen) atoms. The number of rotatable bonds is 13. The van der Waals surface area contributed by atoms with Gasteiger partial charge in [-0.25, -0.2) is 9.59 Å². The van der Waals surface area contributed by atoms with Gasteiger partial charge in [0, 0.05) is 29.1 Å². The van der Waals surface area contributed by atoms with E-state index >= 15 is 0 Å². The predicted molar refractivity (Wildman–Crippen MR) is 148 cm³/mol. The molecule has 0 amide bonds. The smallest absolute Gasteiger partial charge is 0.330 e. The Balaban J connectivity index is 1.78. The lowest BCUT2D eigenvalue weighted by Gasteiger charge is -2.30. The van der Waals surface area contributed by atoms with Crippen molar-refractivity contribution in [3.8, 4) is 0 Å². The largest absolute Gasteiger partial charge is 0.463 e. The third kappa shape index (κ3) is 8.25. The lowest BCUT2D eigenvalue weighted by Crippen LogP contribution is -2.22. The Morgan fingerprint density at radius 1 is 0.919 bits per heavy atom. The van der Waals surface area contributed by atoms with Crippen LogP contribution in [0.2, 0.25) is 0 Å². The van der Waals surface area contributed by atoms with Crippen LogP contribution in [0, 0.1) is 13.8 Å². The highest BCUT2D eigenvalue weighted by Crippen LogP contribution is 2.33. The maximum atomic E-state index is 11.2. The van der Waals surface area contributed by atoms with Gasteiger partial charge in [0.1, 0.15) is 0 Å². The van der Waals surface area contributed by atoms with E-state index in [1.165, 1.54) is 34.5 Å². The van der Waals surface area contributed by atoms with Crippen molar-refractivity contribution in [3.05, 3.63) is 113 Å². The summed E-state index contributed by atoms with van der Waals surface area (Å²) in [7, 11) is 0. The molecule has 3 rings (SSSR count). The summed E-state index contributed by atoms with van der Waals surface area (Å²) < 4.78 is 10.2. The number of esters is 2. The zero-order chi connectivity index (χ0) is 26.6. The summed E-state index contributed by atoms with van der Waals surface area (Å²) >= 11 is 0. The van der Waals surface area contributed by atoms with Gasteiger partial charge >= 0.3 is 11.9 Å². The first-order chi connectivity index (χ1) is 17.9. The highest BCUT2D eigenvalue weighted by molar-refractivity contribution is 5.81. The summed E-state index contributed by atoms with van der Waals surface area (Å²) in [6, 6.07) is 6.50. The Kier molecular flexibility index (Phi) is 10.3. The van der Waals surface area contributed by atoms with Gasteiger partial charge in [0.2, 0.25) is 0 Å². The summed E-state index contributed by atoms with van der Waals surface area (Å²) in [5.74, 6) is -0.775. The van der Waals surface area contributed by atoms with Crippen LogP contribution in [0.25, 0.3) is 0 Å². The fourth-order valence-corrected chi connectivity index (χ4v) is 4.10. The van der Waals surface area contributed by atoms with Crippen molar-refractivity contribution in [2.45, 2.75) is 52.4 Å². The average molecular weight is 498 g/mol. The van der Waals surface area contributed by atoms with E-state index in [1.54, 1.807) is 0 Å². The number of carbonyl (C=O) groups is 2. The molecule has 0 aliphatic heterocycles. The first-order valence-corrected chi connectivity index (χ1v) is 12.7. The Bertz CT molecular complexity index is 1250. The lowest BCUT2D eigenvalue weighted by atomic mass is 9.97. The molecule has 5 heteroatoms. The Hall–Kier alpha value is -4.04. The summed E-state index contributed by atoms with van der Waals surface area (Å²) in [6.07, 6.45) is 15.9. The van der Waals surface area contributed by atoms with Crippen molar-refractivity contribution < 1.29 is 19.1 Å². The first kappa shape index (κ1) is 27.5. The van der Waals surface area contributed by atoms with Crippen molar-refractivity contribution in [3.63, 3.8) is 0 Å². The number of hydrogen-bond donors (Lipinski definition) is 0. The van der Waals surface area contributed by atoms with Crippen molar-refractivity contribution in [2.75, 3.05) is 18.1 Å². The molecule has 0 saturated heterocycles. The van der Waals surface area contributed by atoms with E-state index in [-0.39, 0.29) is 5.97 Å². The highest BCUT2D eigenvalue weighted by atomic mass is 16.5. The quantitative estimate of drug-likeness (QED) is 0.129. The number of hydrogen-bond acceptors (Lipinski definition) is 5. The molecule has 1 aromatic rings. The fourth-order valence-electron chi connectivity index (χ4n) is 4.10. The zero-order valence-electron chi connectivity index (χ0n) is 21.8. The molecule has 192 valence electrons. The average Bonchev–Trinajstić information content (AvgIpc) is 2.92. The lowest BCUT2D eigenvalue weighted by molar-refractivity contribution is -0.138. The van der Waals surface area contributed by atoms with Crippen LogP contribution < -0.4 is 4.90 Å². The van der Waals surface area contributed by atoms with Crippen LogP contribution in [0.3, 0.4) is 0 Å². The van der Waals surface area contributed by atoms with Gasteiger partial charge < -0.3 is 14.4 Å². The van der Waals surface area contributed by atoms with E-state index in [2.05, 4.69) is 85.9 Å². The Morgan fingerprint density at radius 2 is 1.62 bits per heavy atom. The van der Waals surface area contributed by atoms with Gasteiger partial charge in [0.25, 0.3) is 0 Å². The van der Waals surface area contributed by atoms with Crippen LogP contribution in [0.5, 0.6) is 0 Å². The minimum Gasteiger partial charge on any atom is -0.463 e. The maximum Gasteiger partial charge on any atom is 0.330 e. The van der Waals surface area contributed by atoms with E-state index < -0.39 is 5.97 Å². The van der Waals surface area contributed by atoms with Crippen molar-refractivity contribution in [1.29, 1.82) is 0 Å². The number of allylic oxidation sites excluding steroid dienone is 7. The Labute approximate surface area is 220 Å². The number of nitrogens with zero attached hydrogens (tertiary/aromatic N) is 1. The van der Waals surface area contributed by atoms with Crippen LogP contribution in [0.15, 0.2) is 102 Å². The molecule has 1 aromatic carbocycles. The third-order valence-electron chi connectivity index (χ3n) is 6.34. The molecule has 0 atom stereocenters. The second-order valence-corrected chi connectivity index (χ2v) is 9.03. The van der Waals surface area contributed by atoms with Gasteiger partial charge in [-0.2, -0.15) is 0 Å². The van der Waals surface area contributed by atoms with Crippen molar-refractivity contribution in [2.24, 2.45) is 0 Å². The third-order valence-corrected chi connectivity index (χ3v) is 6.34. The molecule has 0 aromatic heterocycles. The summed E-state index contributed by atoms with van der Waals surface area (Å²) in [5.41, 5.74) is 14.7. The molecule has 0 fully saturated rings. The molecule has 0 N–H and O–H groups in total. The standard InChI is InChI=1S/C32H35NO4/c1-5-31(34)36-21-7-9-26-12-17-28(18-13-26)33(30-16-11-24(3)25(4)23-30)29-19-14-27(15-20-29)10-8-22-37-32(35)6-2/h5-6,11-12,14,16-17,19,23H,1-2,7-10,13,18,21-22H2,3-4H3. The normalized spacial score (nSPS) is 14.1. The summed E-state index contributed by atoms with van der Waals surface area (Å²) in [5, 5.41) is 0. The van der Waals surface area contributed by atoms with E-state index in [9.17, 15) is 9.59 Å². The van der Waals surface area contributed by atoms with Crippen LogP contribution in [-0.4, -0.2) is 25.2 Å². The minimum atomic E-state index is -0.399.